The Kier molecular flexibility index (Phi) is 12.3. The summed E-state index contributed by atoms with van der Waals surface area (Å²) >= 11 is 5.64. The minimum Gasteiger partial charge on any atom is -0.494 e. The molecule has 1 fully saturated rings. The number of ether oxygens (including phenoxy) is 2. The van der Waals surface area contributed by atoms with Crippen LogP contribution in [0.4, 0.5) is 5.69 Å². The summed E-state index contributed by atoms with van der Waals surface area (Å²) in [4.78, 5) is 50.8. The number of benzene rings is 3. The molecule has 3 N–H and O–H groups in total. The molecule has 14 heteroatoms. The van der Waals surface area contributed by atoms with E-state index in [4.69, 9.17) is 21.1 Å². The van der Waals surface area contributed by atoms with Crippen molar-refractivity contribution in [3.05, 3.63) is 101 Å². The van der Waals surface area contributed by atoms with Crippen molar-refractivity contribution in [2.75, 3.05) is 31.0 Å². The molecule has 0 radical (unpaired) electrons. The van der Waals surface area contributed by atoms with Crippen LogP contribution in [0.3, 0.4) is 0 Å². The highest BCUT2D eigenvalue weighted by Crippen LogP contribution is 2.34. The van der Waals surface area contributed by atoms with Crippen molar-refractivity contribution < 1.29 is 33.8 Å². The van der Waals surface area contributed by atoms with Gasteiger partial charge in [-0.1, -0.05) is 43.3 Å². The molecule has 3 aromatic carbocycles. The highest BCUT2D eigenvalue weighted by atomic mass is 35.5. The first-order valence-corrected chi connectivity index (χ1v) is 18.8. The summed E-state index contributed by atoms with van der Waals surface area (Å²) in [5.41, 5.74) is 4.19. The number of nitrogens with one attached hydrogen (secondary N) is 2. The monoisotopic (exact) mass is 756 g/mol. The lowest BCUT2D eigenvalue weighted by atomic mass is 9.78. The molecular formula is C40H45ClN6O7. The maximum atomic E-state index is 13.1. The summed E-state index contributed by atoms with van der Waals surface area (Å²) in [6, 6.07) is 20.1. The number of aromatic nitrogens is 3. The summed E-state index contributed by atoms with van der Waals surface area (Å²) in [6.07, 6.45) is 4.80. The number of nitrogens with zero attached hydrogens (tertiary/aromatic N) is 4. The Balaban J connectivity index is 0.879. The Morgan fingerprint density at radius 1 is 0.926 bits per heavy atom. The van der Waals surface area contributed by atoms with Gasteiger partial charge in [-0.05, 0) is 85.7 Å². The smallest absolute Gasteiger partial charge is 0.262 e. The van der Waals surface area contributed by atoms with Gasteiger partial charge in [0, 0.05) is 36.8 Å². The molecule has 0 saturated carbocycles. The fourth-order valence-corrected chi connectivity index (χ4v) is 6.64. The number of hydrogen-bond acceptors (Lipinski definition) is 10. The maximum Gasteiger partial charge on any atom is 0.262 e. The predicted octanol–water partition coefficient (Wildman–Crippen LogP) is 4.89. The Morgan fingerprint density at radius 2 is 1.61 bits per heavy atom. The first-order valence-electron chi connectivity index (χ1n) is 18.2. The van der Waals surface area contributed by atoms with E-state index in [9.17, 15) is 24.3 Å². The van der Waals surface area contributed by atoms with E-state index in [0.717, 1.165) is 53.2 Å². The lowest BCUT2D eigenvalue weighted by Gasteiger charge is -2.27. The van der Waals surface area contributed by atoms with Crippen LogP contribution in [-0.2, 0) is 28.0 Å². The van der Waals surface area contributed by atoms with E-state index >= 15 is 0 Å². The lowest BCUT2D eigenvalue weighted by molar-refractivity contribution is -0.136. The van der Waals surface area contributed by atoms with Gasteiger partial charge >= 0.3 is 0 Å². The van der Waals surface area contributed by atoms with E-state index in [1.54, 1.807) is 18.2 Å². The van der Waals surface area contributed by atoms with Gasteiger partial charge in [0.05, 0.1) is 29.3 Å². The highest BCUT2D eigenvalue weighted by molar-refractivity contribution is 6.23. The number of alkyl halides is 1. The first-order chi connectivity index (χ1) is 26.0. The molecule has 2 atom stereocenters. The van der Waals surface area contributed by atoms with E-state index in [2.05, 4.69) is 46.9 Å². The molecule has 1 saturated heterocycles. The Labute approximate surface area is 319 Å². The second-order valence-corrected chi connectivity index (χ2v) is 14.4. The van der Waals surface area contributed by atoms with Crippen molar-refractivity contribution in [3.63, 3.8) is 0 Å². The topological polar surface area (TPSA) is 165 Å². The number of aliphatic hydroxyl groups is 1. The van der Waals surface area contributed by atoms with Crippen LogP contribution >= 0.6 is 11.6 Å². The number of carbonyl (C=O) groups is 4. The molecule has 2 aliphatic heterocycles. The van der Waals surface area contributed by atoms with Crippen molar-refractivity contribution >= 4 is 40.9 Å². The minimum absolute atomic E-state index is 0.0788. The number of fused-ring (bicyclic) bond motifs is 1. The molecule has 4 amide bonds. The van der Waals surface area contributed by atoms with Crippen molar-refractivity contribution in [2.24, 2.45) is 0 Å². The van der Waals surface area contributed by atoms with Gasteiger partial charge in [0.1, 0.15) is 30.3 Å². The molecule has 1 aromatic heterocycles. The molecule has 0 aliphatic carbocycles. The molecule has 54 heavy (non-hydrogen) atoms. The zero-order valence-corrected chi connectivity index (χ0v) is 31.2. The van der Waals surface area contributed by atoms with Crippen LogP contribution in [0.2, 0.25) is 0 Å². The van der Waals surface area contributed by atoms with E-state index in [1.807, 2.05) is 47.3 Å². The molecule has 3 heterocycles. The number of aryl methyl sites for hydroxylation is 2. The number of aliphatic hydroxyl groups excluding tert-OH is 1. The number of anilines is 1. The third-order valence-electron chi connectivity index (χ3n) is 9.79. The fourth-order valence-electron chi connectivity index (χ4n) is 6.55. The quantitative estimate of drug-likeness (QED) is 0.0724. The average molecular weight is 757 g/mol. The highest BCUT2D eigenvalue weighted by Gasteiger charge is 2.44. The van der Waals surface area contributed by atoms with Gasteiger partial charge in [0.15, 0.2) is 0 Å². The molecule has 2 aliphatic rings. The van der Waals surface area contributed by atoms with Gasteiger partial charge in [0.25, 0.3) is 11.8 Å². The van der Waals surface area contributed by atoms with Crippen molar-refractivity contribution in [2.45, 2.75) is 76.5 Å². The maximum absolute atomic E-state index is 13.1. The lowest BCUT2D eigenvalue weighted by Crippen LogP contribution is -2.54. The third-order valence-corrected chi connectivity index (χ3v) is 10.1. The Bertz CT molecular complexity index is 1960. The molecule has 13 nitrogen and oxygen atoms in total. The number of amides is 4. The fraction of sp³-hybridized carbons (Fsp3) is 0.400. The van der Waals surface area contributed by atoms with Gasteiger partial charge < -0.3 is 19.9 Å². The SMILES string of the molecule is CC(C)(c1ccc(OCCCCc2cn(CCCNc3ccc4c(c3)C(=O)N(C3CCC(=O)NC3=O)C4=O)nn2)cc1)c1ccc(OC[C@H](O)CCl)cc1. The van der Waals surface area contributed by atoms with Gasteiger partial charge in [-0.3, -0.25) is 34.1 Å². The molecule has 4 aromatic rings. The average Bonchev–Trinajstić information content (AvgIpc) is 3.73. The van der Waals surface area contributed by atoms with Crippen LogP contribution in [0.15, 0.2) is 72.9 Å². The Morgan fingerprint density at radius 3 is 2.30 bits per heavy atom. The van der Waals surface area contributed by atoms with Crippen molar-refractivity contribution in [1.82, 2.24) is 25.2 Å². The van der Waals surface area contributed by atoms with Crippen LogP contribution < -0.4 is 20.1 Å². The number of halogens is 1. The van der Waals surface area contributed by atoms with Gasteiger partial charge in [-0.2, -0.15) is 0 Å². The number of hydrogen-bond donors (Lipinski definition) is 3. The van der Waals surface area contributed by atoms with Crippen molar-refractivity contribution in [3.8, 4) is 11.5 Å². The standard InChI is InChI=1S/C40H45ClN6O7/c1-40(2,27-9-14-32(15-10-27)54-25-30(48)23-41)26-7-12-31(13-8-26)53-21-4-3-6-29-24-46(45-44-29)20-5-19-42-28-11-16-33-34(22-28)39(52)47(38(33)51)35-17-18-36(49)43-37(35)50/h7-16,22,24,30,35,42,48H,3-6,17-21,23,25H2,1-2H3,(H,43,49,50)/t30-,35?/m1/s1. The largest absolute Gasteiger partial charge is 0.494 e. The van der Waals surface area contributed by atoms with Gasteiger partial charge in [0.2, 0.25) is 11.8 Å². The van der Waals surface area contributed by atoms with E-state index < -0.39 is 35.8 Å². The summed E-state index contributed by atoms with van der Waals surface area (Å²) in [5.74, 6) is -0.439. The Hall–Kier alpha value is -5.27. The number of unbranched alkanes of at least 4 members (excludes halogenated alkanes) is 1. The van der Waals surface area contributed by atoms with Crippen LogP contribution in [-0.4, -0.2) is 86.4 Å². The molecular weight excluding hydrogens is 712 g/mol. The molecule has 284 valence electrons. The van der Waals surface area contributed by atoms with E-state index in [0.29, 0.717) is 31.1 Å². The summed E-state index contributed by atoms with van der Waals surface area (Å²) in [5, 5.41) is 23.7. The molecule has 1 unspecified atom stereocenters. The van der Waals surface area contributed by atoms with Crippen LogP contribution in [0.1, 0.15) is 83.5 Å². The zero-order chi connectivity index (χ0) is 38.2. The van der Waals surface area contributed by atoms with E-state index in [1.165, 1.54) is 0 Å². The third kappa shape index (κ3) is 9.08. The minimum atomic E-state index is -0.988. The van der Waals surface area contributed by atoms with Crippen molar-refractivity contribution in [1.29, 1.82) is 0 Å². The predicted molar refractivity (Wildman–Crippen MR) is 202 cm³/mol. The van der Waals surface area contributed by atoms with Crippen LogP contribution in [0.5, 0.6) is 11.5 Å². The summed E-state index contributed by atoms with van der Waals surface area (Å²) < 4.78 is 13.4. The summed E-state index contributed by atoms with van der Waals surface area (Å²) in [7, 11) is 0. The van der Waals surface area contributed by atoms with Gasteiger partial charge in [-0.25, -0.2) is 0 Å². The molecule has 0 bridgehead atoms. The normalized spacial score (nSPS) is 16.3. The van der Waals surface area contributed by atoms with Crippen LogP contribution in [0, 0.1) is 0 Å². The molecule has 6 rings (SSSR count). The second-order valence-electron chi connectivity index (χ2n) is 14.1. The van der Waals surface area contributed by atoms with E-state index in [-0.39, 0.29) is 41.9 Å². The zero-order valence-electron chi connectivity index (χ0n) is 30.4. The number of piperidine rings is 1. The number of imide groups is 2. The first kappa shape index (κ1) is 38.5. The summed E-state index contributed by atoms with van der Waals surface area (Å²) in [6.45, 7) is 6.37. The number of rotatable bonds is 18. The molecule has 0 spiro atoms. The van der Waals surface area contributed by atoms with Crippen LogP contribution in [0.25, 0.3) is 0 Å². The number of carbonyl (C=O) groups excluding carboxylic acids is 4. The second kappa shape index (κ2) is 17.3. The van der Waals surface area contributed by atoms with Gasteiger partial charge in [-0.15, -0.1) is 16.7 Å².